The first-order valence-electron chi connectivity index (χ1n) is 7.28. The molecule has 2 N–H and O–H groups in total. The topological polar surface area (TPSA) is 85.0 Å². The number of hydrogen-bond acceptors (Lipinski definition) is 4. The minimum atomic E-state index is -0.401. The molecule has 0 saturated carbocycles. The van der Waals surface area contributed by atoms with Gasteiger partial charge in [-0.2, -0.15) is 10.2 Å². The van der Waals surface area contributed by atoms with Crippen molar-refractivity contribution in [2.75, 3.05) is 5.32 Å². The van der Waals surface area contributed by atoms with Crippen molar-refractivity contribution in [2.24, 2.45) is 0 Å². The van der Waals surface area contributed by atoms with Crippen LogP contribution in [0.15, 0.2) is 36.5 Å². The van der Waals surface area contributed by atoms with Gasteiger partial charge in [0.25, 0.3) is 5.91 Å². The van der Waals surface area contributed by atoms with Crippen LogP contribution in [-0.2, 0) is 6.67 Å². The summed E-state index contributed by atoms with van der Waals surface area (Å²) in [5, 5.41) is 21.5. The number of amides is 1. The summed E-state index contributed by atoms with van der Waals surface area (Å²) in [6.07, 6.45) is 1.68. The lowest BCUT2D eigenvalue weighted by molar-refractivity contribution is 0.102. The number of anilines is 1. The number of carbonyl (C=O) groups excluding carboxylic acids is 1. The average Bonchev–Trinajstić information content (AvgIpc) is 3.11. The number of hydrogen-bond donors (Lipinski definition) is 2. The largest absolute Gasteiger partial charge is 0.506 e. The SMILES string of the molecule is Cc1nn(Cn2ccc(C(=O)Nc3ccccc3O)n2)c(C)c1Cl. The second kappa shape index (κ2) is 6.37. The number of halogens is 1. The summed E-state index contributed by atoms with van der Waals surface area (Å²) in [6, 6.07) is 8.12. The predicted molar refractivity (Wildman–Crippen MR) is 90.4 cm³/mol. The number of aryl methyl sites for hydroxylation is 1. The molecule has 124 valence electrons. The lowest BCUT2D eigenvalue weighted by Gasteiger charge is -2.06. The Labute approximate surface area is 143 Å². The lowest BCUT2D eigenvalue weighted by atomic mass is 10.3. The van der Waals surface area contributed by atoms with Gasteiger partial charge in [0, 0.05) is 6.20 Å². The van der Waals surface area contributed by atoms with E-state index >= 15 is 0 Å². The van der Waals surface area contributed by atoms with E-state index in [0.29, 0.717) is 17.4 Å². The molecule has 0 aliphatic heterocycles. The van der Waals surface area contributed by atoms with E-state index in [9.17, 15) is 9.90 Å². The zero-order valence-corrected chi connectivity index (χ0v) is 13.9. The van der Waals surface area contributed by atoms with Crippen LogP contribution in [-0.4, -0.2) is 30.6 Å². The van der Waals surface area contributed by atoms with Gasteiger partial charge in [-0.25, -0.2) is 4.68 Å². The van der Waals surface area contributed by atoms with E-state index in [2.05, 4.69) is 15.5 Å². The highest BCUT2D eigenvalue weighted by atomic mass is 35.5. The summed E-state index contributed by atoms with van der Waals surface area (Å²) in [7, 11) is 0. The first-order valence-corrected chi connectivity index (χ1v) is 7.66. The molecule has 2 aromatic heterocycles. The highest BCUT2D eigenvalue weighted by Gasteiger charge is 2.13. The van der Waals surface area contributed by atoms with Gasteiger partial charge < -0.3 is 10.4 Å². The van der Waals surface area contributed by atoms with Crippen LogP contribution >= 0.6 is 11.6 Å². The molecular weight excluding hydrogens is 330 g/mol. The van der Waals surface area contributed by atoms with Gasteiger partial charge in [-0.1, -0.05) is 23.7 Å². The third kappa shape index (κ3) is 3.11. The summed E-state index contributed by atoms with van der Waals surface area (Å²) >= 11 is 6.12. The van der Waals surface area contributed by atoms with E-state index in [1.807, 2.05) is 13.8 Å². The zero-order valence-electron chi connectivity index (χ0n) is 13.2. The van der Waals surface area contributed by atoms with E-state index < -0.39 is 5.91 Å². The van der Waals surface area contributed by atoms with Crippen molar-refractivity contribution >= 4 is 23.2 Å². The number of nitrogens with zero attached hydrogens (tertiary/aromatic N) is 4. The van der Waals surface area contributed by atoms with Gasteiger partial charge >= 0.3 is 0 Å². The minimum absolute atomic E-state index is 0.00238. The molecule has 1 aromatic carbocycles. The Morgan fingerprint density at radius 3 is 2.67 bits per heavy atom. The van der Waals surface area contributed by atoms with E-state index in [1.54, 1.807) is 39.8 Å². The van der Waals surface area contributed by atoms with Crippen molar-refractivity contribution < 1.29 is 9.90 Å². The smallest absolute Gasteiger partial charge is 0.276 e. The van der Waals surface area contributed by atoms with Gasteiger partial charge in [-0.05, 0) is 32.0 Å². The van der Waals surface area contributed by atoms with Gasteiger partial charge in [0.2, 0.25) is 0 Å². The Balaban J connectivity index is 1.74. The van der Waals surface area contributed by atoms with E-state index in [1.165, 1.54) is 6.07 Å². The second-order valence-electron chi connectivity index (χ2n) is 5.34. The molecular formula is C16H16ClN5O2. The van der Waals surface area contributed by atoms with Gasteiger partial charge in [-0.15, -0.1) is 0 Å². The highest BCUT2D eigenvalue weighted by molar-refractivity contribution is 6.31. The number of carbonyl (C=O) groups is 1. The van der Waals surface area contributed by atoms with E-state index in [4.69, 9.17) is 11.6 Å². The van der Waals surface area contributed by atoms with E-state index in [-0.39, 0.29) is 11.4 Å². The van der Waals surface area contributed by atoms with Crippen LogP contribution in [0.5, 0.6) is 5.75 Å². The number of nitrogens with one attached hydrogen (secondary N) is 1. The summed E-state index contributed by atoms with van der Waals surface area (Å²) < 4.78 is 3.31. The summed E-state index contributed by atoms with van der Waals surface area (Å²) in [4.78, 5) is 12.2. The molecule has 0 saturated heterocycles. The number of para-hydroxylation sites is 2. The molecule has 0 atom stereocenters. The second-order valence-corrected chi connectivity index (χ2v) is 5.72. The van der Waals surface area contributed by atoms with Crippen LogP contribution in [0.2, 0.25) is 5.02 Å². The van der Waals surface area contributed by atoms with Crippen LogP contribution in [0.4, 0.5) is 5.69 Å². The number of aromatic hydroxyl groups is 1. The standard InChI is InChI=1S/C16H16ClN5O2/c1-10-15(17)11(2)22(19-10)9-21-8-7-13(20-21)16(24)18-12-5-3-4-6-14(12)23/h3-8,23H,9H2,1-2H3,(H,18,24). The number of benzene rings is 1. The van der Waals surface area contributed by atoms with Crippen molar-refractivity contribution in [3.63, 3.8) is 0 Å². The fraction of sp³-hybridized carbons (Fsp3) is 0.188. The summed E-state index contributed by atoms with van der Waals surface area (Å²) in [6.45, 7) is 4.06. The normalized spacial score (nSPS) is 10.8. The van der Waals surface area contributed by atoms with Crippen LogP contribution in [0, 0.1) is 13.8 Å². The average molecular weight is 346 g/mol. The fourth-order valence-corrected chi connectivity index (χ4v) is 2.41. The fourth-order valence-electron chi connectivity index (χ4n) is 2.28. The van der Waals surface area contributed by atoms with Gasteiger partial charge in [0.15, 0.2) is 5.69 Å². The lowest BCUT2D eigenvalue weighted by Crippen LogP contribution is -2.15. The predicted octanol–water partition coefficient (Wildman–Crippen LogP) is 2.81. The highest BCUT2D eigenvalue weighted by Crippen LogP contribution is 2.22. The number of aromatic nitrogens is 4. The first-order chi connectivity index (χ1) is 11.5. The number of phenolic OH excluding ortho intramolecular Hbond substituents is 1. The number of rotatable bonds is 4. The molecule has 24 heavy (non-hydrogen) atoms. The maximum atomic E-state index is 12.2. The van der Waals surface area contributed by atoms with Gasteiger partial charge in [-0.3, -0.25) is 9.48 Å². The van der Waals surface area contributed by atoms with Crippen LogP contribution in [0.3, 0.4) is 0 Å². The van der Waals surface area contributed by atoms with Crippen molar-refractivity contribution in [3.8, 4) is 5.75 Å². The molecule has 0 unspecified atom stereocenters. The summed E-state index contributed by atoms with van der Waals surface area (Å²) in [5.41, 5.74) is 2.16. The van der Waals surface area contributed by atoms with Crippen LogP contribution in [0.25, 0.3) is 0 Å². The minimum Gasteiger partial charge on any atom is -0.506 e. The van der Waals surface area contributed by atoms with E-state index in [0.717, 1.165) is 11.4 Å². The Morgan fingerprint density at radius 1 is 1.25 bits per heavy atom. The Bertz CT molecular complexity index is 900. The molecule has 0 bridgehead atoms. The quantitative estimate of drug-likeness (QED) is 0.712. The zero-order chi connectivity index (χ0) is 17.3. The Morgan fingerprint density at radius 2 is 2.00 bits per heavy atom. The molecule has 3 aromatic rings. The van der Waals surface area contributed by atoms with Gasteiger partial charge in [0.05, 0.1) is 22.1 Å². The molecule has 0 spiro atoms. The number of phenols is 1. The molecule has 0 radical (unpaired) electrons. The molecule has 0 aliphatic carbocycles. The Kier molecular flexibility index (Phi) is 4.26. The van der Waals surface area contributed by atoms with Crippen molar-refractivity contribution in [2.45, 2.75) is 20.5 Å². The molecule has 0 fully saturated rings. The Hall–Kier alpha value is -2.80. The van der Waals surface area contributed by atoms with Crippen molar-refractivity contribution in [1.82, 2.24) is 19.6 Å². The molecule has 0 aliphatic rings. The maximum Gasteiger partial charge on any atom is 0.276 e. The molecule has 1 amide bonds. The molecule has 7 nitrogen and oxygen atoms in total. The molecule has 2 heterocycles. The third-order valence-corrected chi connectivity index (χ3v) is 4.14. The van der Waals surface area contributed by atoms with Crippen LogP contribution in [0.1, 0.15) is 21.9 Å². The molecule has 3 rings (SSSR count). The van der Waals surface area contributed by atoms with Crippen molar-refractivity contribution in [1.29, 1.82) is 0 Å². The summed E-state index contributed by atoms with van der Waals surface area (Å²) in [5.74, 6) is -0.399. The van der Waals surface area contributed by atoms with Crippen molar-refractivity contribution in [3.05, 3.63) is 58.6 Å². The monoisotopic (exact) mass is 345 g/mol. The third-order valence-electron chi connectivity index (χ3n) is 3.60. The molecule has 8 heteroatoms. The first kappa shape index (κ1) is 16.1. The van der Waals surface area contributed by atoms with Crippen LogP contribution < -0.4 is 5.32 Å². The van der Waals surface area contributed by atoms with Gasteiger partial charge in [0.1, 0.15) is 12.4 Å². The maximum absolute atomic E-state index is 12.2.